The number of hydrogen-bond donors (Lipinski definition) is 2. The monoisotopic (exact) mass is 424 g/mol. The Morgan fingerprint density at radius 2 is 1.90 bits per heavy atom. The van der Waals surface area contributed by atoms with Crippen molar-refractivity contribution in [3.05, 3.63) is 63.7 Å². The van der Waals surface area contributed by atoms with Crippen molar-refractivity contribution < 1.29 is 19.2 Å². The maximum absolute atomic E-state index is 13.0. The molecule has 0 atom stereocenters. The zero-order valence-corrected chi connectivity index (χ0v) is 17.0. The first kappa shape index (κ1) is 20.8. The summed E-state index contributed by atoms with van der Waals surface area (Å²) in [7, 11) is 0. The molecule has 1 saturated heterocycles. The molecule has 2 amide bonds. The summed E-state index contributed by atoms with van der Waals surface area (Å²) in [6.45, 7) is 2.54. The molecule has 2 aliphatic rings. The van der Waals surface area contributed by atoms with E-state index in [-0.39, 0.29) is 29.6 Å². The van der Waals surface area contributed by atoms with Crippen molar-refractivity contribution in [1.82, 2.24) is 5.32 Å². The van der Waals surface area contributed by atoms with Gasteiger partial charge in [0.05, 0.1) is 29.4 Å². The lowest BCUT2D eigenvalue weighted by molar-refractivity contribution is -0.384. The number of hydrogen-bond acceptors (Lipinski definition) is 6. The number of non-ortho nitro benzene ring substituents is 1. The molecule has 0 spiro atoms. The van der Waals surface area contributed by atoms with Crippen LogP contribution in [-0.2, 0) is 16.1 Å². The van der Waals surface area contributed by atoms with Crippen LogP contribution in [0.3, 0.4) is 0 Å². The van der Waals surface area contributed by atoms with Crippen LogP contribution in [0.2, 0.25) is 0 Å². The van der Waals surface area contributed by atoms with Crippen LogP contribution in [0, 0.1) is 16.0 Å². The van der Waals surface area contributed by atoms with Crippen molar-refractivity contribution in [2.45, 2.75) is 19.4 Å². The lowest BCUT2D eigenvalue weighted by atomic mass is 10.1. The van der Waals surface area contributed by atoms with Crippen LogP contribution in [0.15, 0.2) is 42.5 Å². The molecule has 2 fully saturated rings. The van der Waals surface area contributed by atoms with Crippen molar-refractivity contribution in [3.8, 4) is 0 Å². The fourth-order valence-electron chi connectivity index (χ4n) is 3.53. The Morgan fingerprint density at radius 3 is 2.61 bits per heavy atom. The van der Waals surface area contributed by atoms with Crippen LogP contribution in [0.5, 0.6) is 0 Å². The van der Waals surface area contributed by atoms with Gasteiger partial charge in [-0.25, -0.2) is 0 Å². The van der Waals surface area contributed by atoms with Crippen LogP contribution in [0.1, 0.15) is 28.8 Å². The second kappa shape index (κ2) is 9.13. The third-order valence-corrected chi connectivity index (χ3v) is 5.38. The van der Waals surface area contributed by atoms with Gasteiger partial charge < -0.3 is 20.3 Å². The van der Waals surface area contributed by atoms with Gasteiger partial charge in [0, 0.05) is 43.4 Å². The van der Waals surface area contributed by atoms with Gasteiger partial charge in [0.2, 0.25) is 5.91 Å². The average molecular weight is 424 g/mol. The van der Waals surface area contributed by atoms with Crippen molar-refractivity contribution in [2.24, 2.45) is 5.92 Å². The molecule has 1 heterocycles. The number of nitro benzene ring substituents is 1. The van der Waals surface area contributed by atoms with E-state index in [9.17, 15) is 19.7 Å². The van der Waals surface area contributed by atoms with E-state index in [1.165, 1.54) is 12.1 Å². The minimum absolute atomic E-state index is 0.0212. The van der Waals surface area contributed by atoms with E-state index in [1.54, 1.807) is 6.07 Å². The highest BCUT2D eigenvalue weighted by atomic mass is 16.6. The lowest BCUT2D eigenvalue weighted by Crippen LogP contribution is -2.38. The number of carbonyl (C=O) groups is 2. The van der Waals surface area contributed by atoms with Crippen LogP contribution in [0.4, 0.5) is 17.1 Å². The third-order valence-electron chi connectivity index (χ3n) is 5.38. The Labute approximate surface area is 179 Å². The van der Waals surface area contributed by atoms with E-state index in [1.807, 2.05) is 29.2 Å². The maximum Gasteiger partial charge on any atom is 0.270 e. The van der Waals surface area contributed by atoms with Gasteiger partial charge in [0.1, 0.15) is 0 Å². The van der Waals surface area contributed by atoms with Crippen molar-refractivity contribution in [1.29, 1.82) is 0 Å². The number of nitrogens with zero attached hydrogens (tertiary/aromatic N) is 2. The highest BCUT2D eigenvalue weighted by molar-refractivity contribution is 6.00. The largest absolute Gasteiger partial charge is 0.378 e. The van der Waals surface area contributed by atoms with Crippen LogP contribution >= 0.6 is 0 Å². The molecule has 0 unspecified atom stereocenters. The van der Waals surface area contributed by atoms with E-state index in [0.717, 1.165) is 18.4 Å². The zero-order valence-electron chi connectivity index (χ0n) is 17.0. The zero-order chi connectivity index (χ0) is 21.8. The van der Waals surface area contributed by atoms with E-state index in [4.69, 9.17) is 4.74 Å². The summed E-state index contributed by atoms with van der Waals surface area (Å²) in [5, 5.41) is 17.0. The van der Waals surface area contributed by atoms with Gasteiger partial charge in [-0.1, -0.05) is 12.1 Å². The van der Waals surface area contributed by atoms with E-state index in [2.05, 4.69) is 10.6 Å². The number of nitrogens with one attached hydrogen (secondary N) is 2. The topological polar surface area (TPSA) is 114 Å². The Kier molecular flexibility index (Phi) is 6.13. The lowest BCUT2D eigenvalue weighted by Gasteiger charge is -2.30. The molecule has 31 heavy (non-hydrogen) atoms. The summed E-state index contributed by atoms with van der Waals surface area (Å²) in [5.41, 5.74) is 2.28. The Balaban J connectivity index is 1.48. The maximum atomic E-state index is 13.0. The van der Waals surface area contributed by atoms with Gasteiger partial charge >= 0.3 is 0 Å². The van der Waals surface area contributed by atoms with Gasteiger partial charge in [-0.15, -0.1) is 0 Å². The summed E-state index contributed by atoms with van der Waals surface area (Å²) in [4.78, 5) is 37.6. The SMILES string of the molecule is O=C(NCc1cccc(NC(=O)C2CC2)c1)c1cc([N+](=O)[O-])ccc1N1CCOCC1. The van der Waals surface area contributed by atoms with Gasteiger partial charge in [0.15, 0.2) is 0 Å². The number of ether oxygens (including phenoxy) is 1. The molecule has 9 nitrogen and oxygen atoms in total. The third kappa shape index (κ3) is 5.18. The first-order valence-electron chi connectivity index (χ1n) is 10.3. The fourth-order valence-corrected chi connectivity index (χ4v) is 3.53. The van der Waals surface area contributed by atoms with Gasteiger partial charge in [-0.3, -0.25) is 19.7 Å². The summed E-state index contributed by atoms with van der Waals surface area (Å²) < 4.78 is 5.37. The number of nitro groups is 1. The summed E-state index contributed by atoms with van der Waals surface area (Å²) in [5.74, 6) is -0.263. The Hall–Kier alpha value is -3.46. The minimum Gasteiger partial charge on any atom is -0.378 e. The normalized spacial score (nSPS) is 15.9. The molecular weight excluding hydrogens is 400 g/mol. The number of morpholine rings is 1. The molecule has 1 aliphatic heterocycles. The standard InChI is InChI=1S/C22H24N4O5/c27-21(16-4-5-16)24-17-3-1-2-15(12-17)14-23-22(28)19-13-18(26(29)30)6-7-20(19)25-8-10-31-11-9-25/h1-3,6-7,12-13,16H,4-5,8-11,14H2,(H,23,28)(H,24,27). The molecule has 0 bridgehead atoms. The number of amides is 2. The molecule has 162 valence electrons. The number of benzene rings is 2. The van der Waals surface area contributed by atoms with Gasteiger partial charge in [-0.2, -0.15) is 0 Å². The molecule has 4 rings (SSSR count). The average Bonchev–Trinajstić information content (AvgIpc) is 3.63. The quantitative estimate of drug-likeness (QED) is 0.522. The summed E-state index contributed by atoms with van der Waals surface area (Å²) in [6.07, 6.45) is 1.85. The number of rotatable bonds is 7. The first-order chi connectivity index (χ1) is 15.0. The van der Waals surface area contributed by atoms with Crippen LogP contribution < -0.4 is 15.5 Å². The Morgan fingerprint density at radius 1 is 1.13 bits per heavy atom. The molecule has 1 aliphatic carbocycles. The second-order valence-corrected chi connectivity index (χ2v) is 7.70. The van der Waals surface area contributed by atoms with Crippen LogP contribution in [-0.4, -0.2) is 43.0 Å². The van der Waals surface area contributed by atoms with Gasteiger partial charge in [-0.05, 0) is 36.6 Å². The van der Waals surface area contributed by atoms with Crippen molar-refractivity contribution >= 4 is 28.9 Å². The van der Waals surface area contributed by atoms with E-state index >= 15 is 0 Å². The molecule has 2 aromatic carbocycles. The van der Waals surface area contributed by atoms with Gasteiger partial charge in [0.25, 0.3) is 11.6 Å². The predicted molar refractivity (Wildman–Crippen MR) is 115 cm³/mol. The molecule has 1 saturated carbocycles. The molecule has 2 N–H and O–H groups in total. The first-order valence-corrected chi connectivity index (χ1v) is 10.3. The minimum atomic E-state index is -0.508. The fraction of sp³-hybridized carbons (Fsp3) is 0.364. The summed E-state index contributed by atoms with van der Waals surface area (Å²) >= 11 is 0. The van der Waals surface area contributed by atoms with E-state index in [0.29, 0.717) is 37.7 Å². The summed E-state index contributed by atoms with van der Waals surface area (Å²) in [6, 6.07) is 11.6. The molecule has 2 aromatic rings. The van der Waals surface area contributed by atoms with Crippen LogP contribution in [0.25, 0.3) is 0 Å². The van der Waals surface area contributed by atoms with Crippen molar-refractivity contribution in [2.75, 3.05) is 36.5 Å². The molecule has 0 aromatic heterocycles. The smallest absolute Gasteiger partial charge is 0.270 e. The van der Waals surface area contributed by atoms with Crippen molar-refractivity contribution in [3.63, 3.8) is 0 Å². The highest BCUT2D eigenvalue weighted by Crippen LogP contribution is 2.30. The number of anilines is 2. The molecular formula is C22H24N4O5. The second-order valence-electron chi connectivity index (χ2n) is 7.70. The highest BCUT2D eigenvalue weighted by Gasteiger charge is 2.29. The molecule has 9 heteroatoms. The number of carbonyl (C=O) groups excluding carboxylic acids is 2. The Bertz CT molecular complexity index is 999. The van der Waals surface area contributed by atoms with E-state index < -0.39 is 10.8 Å². The molecule has 0 radical (unpaired) electrons. The predicted octanol–water partition coefficient (Wildman–Crippen LogP) is 2.71.